The zero-order chi connectivity index (χ0) is 29.9. The number of sulfonamides is 1. The maximum absolute atomic E-state index is 15.3. The first-order valence-corrected chi connectivity index (χ1v) is 14.9. The molecule has 0 aliphatic carbocycles. The number of nitrogens with zero attached hydrogens (tertiary/aromatic N) is 3. The number of benzene rings is 2. The Morgan fingerprint density at radius 1 is 1.14 bits per heavy atom. The van der Waals surface area contributed by atoms with Gasteiger partial charge >= 0.3 is 0 Å². The molecule has 42 heavy (non-hydrogen) atoms. The number of rotatable bonds is 4. The van der Waals surface area contributed by atoms with Gasteiger partial charge in [-0.1, -0.05) is 30.4 Å². The maximum Gasteiger partial charge on any atom is 0.264 e. The molecule has 0 saturated carbocycles. The first kappa shape index (κ1) is 29.1. The molecule has 0 spiro atoms. The van der Waals surface area contributed by atoms with Gasteiger partial charge < -0.3 is 15.8 Å². The monoisotopic (exact) mass is 596 g/mol. The van der Waals surface area contributed by atoms with Crippen LogP contribution in [-0.4, -0.2) is 48.3 Å². The number of aromatic nitrogens is 3. The van der Waals surface area contributed by atoms with Crippen molar-refractivity contribution < 1.29 is 26.7 Å². The third kappa shape index (κ3) is 6.26. The van der Waals surface area contributed by atoms with Crippen LogP contribution in [0.15, 0.2) is 59.6 Å². The summed E-state index contributed by atoms with van der Waals surface area (Å²) in [4.78, 5) is 16.0. The van der Waals surface area contributed by atoms with Crippen LogP contribution in [0.25, 0.3) is 28.2 Å². The molecule has 220 valence electrons. The molecular formula is C29H30F2N6O4S. The van der Waals surface area contributed by atoms with Crippen molar-refractivity contribution in [3.05, 3.63) is 71.9 Å². The summed E-state index contributed by atoms with van der Waals surface area (Å²) in [6, 6.07) is 8.57. The lowest BCUT2D eigenvalue weighted by atomic mass is 10.1. The van der Waals surface area contributed by atoms with Gasteiger partial charge in [-0.25, -0.2) is 22.2 Å². The minimum absolute atomic E-state index is 0.103. The van der Waals surface area contributed by atoms with E-state index in [1.807, 2.05) is 19.1 Å². The Kier molecular flexibility index (Phi) is 8.50. The van der Waals surface area contributed by atoms with Crippen LogP contribution in [0.2, 0.25) is 0 Å². The number of halogens is 2. The molecule has 5 rings (SSSR count). The molecule has 2 aromatic carbocycles. The number of aryl methyl sites for hydroxylation is 1. The summed E-state index contributed by atoms with van der Waals surface area (Å²) in [7, 11) is -4.38. The lowest BCUT2D eigenvalue weighted by molar-refractivity contribution is -0.122. The summed E-state index contributed by atoms with van der Waals surface area (Å²) in [5.74, 6) is -1.75. The third-order valence-electron chi connectivity index (χ3n) is 6.82. The van der Waals surface area contributed by atoms with E-state index in [9.17, 15) is 17.6 Å². The number of carbonyl (C=O) groups is 1. The molecule has 1 unspecified atom stereocenters. The van der Waals surface area contributed by atoms with E-state index in [1.165, 1.54) is 24.3 Å². The number of nitrogen functional groups attached to an aromatic ring is 1. The van der Waals surface area contributed by atoms with Crippen LogP contribution in [0.4, 0.5) is 20.3 Å². The van der Waals surface area contributed by atoms with Gasteiger partial charge in [0, 0.05) is 36.3 Å². The number of hydrogen-bond acceptors (Lipinski definition) is 7. The van der Waals surface area contributed by atoms with Crippen molar-refractivity contribution >= 4 is 44.4 Å². The molecule has 1 atom stereocenters. The van der Waals surface area contributed by atoms with Crippen molar-refractivity contribution in [2.24, 2.45) is 0 Å². The van der Waals surface area contributed by atoms with Crippen molar-refractivity contribution in [3.63, 3.8) is 0 Å². The standard InChI is InChI=1S/C29H30F2N6O4S/c1-18-11-13-37-28-20(6-4-5-14-41-15-12-25(38)34-18)17-33-29(32)26(28)27(35-37)19-9-10-23(22(31)16-19)36-42(39,40)24-8-3-2-7-21(24)30/h2-4,6-10,16-18,36H,5,11-15H2,1H3,(H2,32,33)(H,34,38)/b6-4+. The summed E-state index contributed by atoms with van der Waals surface area (Å²) in [5, 5.41) is 8.24. The second-order valence-electron chi connectivity index (χ2n) is 9.94. The maximum atomic E-state index is 15.3. The Labute approximate surface area is 241 Å². The number of pyridine rings is 1. The van der Waals surface area contributed by atoms with Gasteiger partial charge in [0.1, 0.15) is 28.0 Å². The van der Waals surface area contributed by atoms with Gasteiger partial charge in [-0.15, -0.1) is 0 Å². The Bertz CT molecular complexity index is 1770. The van der Waals surface area contributed by atoms with Crippen LogP contribution in [0.3, 0.4) is 0 Å². The fourth-order valence-corrected chi connectivity index (χ4v) is 5.87. The predicted molar refractivity (Wildman–Crippen MR) is 156 cm³/mol. The number of hydrogen-bond donors (Lipinski definition) is 3. The quantitative estimate of drug-likeness (QED) is 0.316. The highest BCUT2D eigenvalue weighted by molar-refractivity contribution is 7.92. The average Bonchev–Trinajstić information content (AvgIpc) is 3.34. The smallest absolute Gasteiger partial charge is 0.264 e. The molecule has 0 bridgehead atoms. The topological polar surface area (TPSA) is 141 Å². The van der Waals surface area contributed by atoms with Crippen LogP contribution in [0, 0.1) is 11.6 Å². The molecule has 4 aromatic rings. The van der Waals surface area contributed by atoms with Crippen molar-refractivity contribution in [2.45, 2.75) is 43.7 Å². The highest BCUT2D eigenvalue weighted by Gasteiger charge is 2.23. The molecule has 1 aliphatic heterocycles. The zero-order valence-corrected chi connectivity index (χ0v) is 23.6. The van der Waals surface area contributed by atoms with Gasteiger partial charge in [-0.2, -0.15) is 5.10 Å². The lowest BCUT2D eigenvalue weighted by Gasteiger charge is -2.14. The van der Waals surface area contributed by atoms with Gasteiger partial charge in [-0.3, -0.25) is 14.2 Å². The summed E-state index contributed by atoms with van der Waals surface area (Å²) in [5.41, 5.74) is 8.10. The van der Waals surface area contributed by atoms with E-state index in [-0.39, 0.29) is 29.9 Å². The van der Waals surface area contributed by atoms with E-state index in [0.29, 0.717) is 54.8 Å². The highest BCUT2D eigenvalue weighted by atomic mass is 32.2. The fraction of sp³-hybridized carbons (Fsp3) is 0.276. The molecule has 10 nitrogen and oxygen atoms in total. The summed E-state index contributed by atoms with van der Waals surface area (Å²) in [6.45, 7) is 3.10. The highest BCUT2D eigenvalue weighted by Crippen LogP contribution is 2.35. The number of ether oxygens (including phenoxy) is 1. The number of amides is 1. The third-order valence-corrected chi connectivity index (χ3v) is 8.22. The normalized spacial score (nSPS) is 17.7. The van der Waals surface area contributed by atoms with Gasteiger partial charge in [0.25, 0.3) is 10.0 Å². The minimum atomic E-state index is -4.38. The Morgan fingerprint density at radius 3 is 2.74 bits per heavy atom. The molecular weight excluding hydrogens is 566 g/mol. The van der Waals surface area contributed by atoms with Crippen LogP contribution >= 0.6 is 0 Å². The van der Waals surface area contributed by atoms with Gasteiger partial charge in [-0.05, 0) is 44.0 Å². The summed E-state index contributed by atoms with van der Waals surface area (Å²) in [6.07, 6.45) is 6.90. The number of carbonyl (C=O) groups excluding carboxylic acids is 1. The molecule has 1 amide bonds. The average molecular weight is 597 g/mol. The van der Waals surface area contributed by atoms with Crippen molar-refractivity contribution in [1.82, 2.24) is 20.1 Å². The zero-order valence-electron chi connectivity index (χ0n) is 22.8. The molecule has 4 N–H and O–H groups in total. The van der Waals surface area contributed by atoms with E-state index in [2.05, 4.69) is 15.0 Å². The van der Waals surface area contributed by atoms with E-state index in [4.69, 9.17) is 15.6 Å². The van der Waals surface area contributed by atoms with E-state index in [0.717, 1.165) is 23.8 Å². The molecule has 0 radical (unpaired) electrons. The predicted octanol–water partition coefficient (Wildman–Crippen LogP) is 4.48. The second-order valence-corrected chi connectivity index (χ2v) is 11.6. The fourth-order valence-electron chi connectivity index (χ4n) is 4.72. The molecule has 0 fully saturated rings. The van der Waals surface area contributed by atoms with E-state index in [1.54, 1.807) is 10.9 Å². The van der Waals surface area contributed by atoms with Crippen molar-refractivity contribution in [3.8, 4) is 11.3 Å². The van der Waals surface area contributed by atoms with E-state index < -0.39 is 26.6 Å². The Hall–Kier alpha value is -4.36. The molecule has 1 aliphatic rings. The number of nitrogens with two attached hydrogens (primary N) is 1. The van der Waals surface area contributed by atoms with Gasteiger partial charge in [0.05, 0.1) is 29.8 Å². The van der Waals surface area contributed by atoms with Crippen LogP contribution in [-0.2, 0) is 26.1 Å². The Morgan fingerprint density at radius 2 is 1.95 bits per heavy atom. The molecule has 3 heterocycles. The Balaban J connectivity index is 1.54. The summed E-state index contributed by atoms with van der Waals surface area (Å²) < 4.78 is 64.3. The van der Waals surface area contributed by atoms with Crippen LogP contribution in [0.1, 0.15) is 31.7 Å². The first-order valence-electron chi connectivity index (χ1n) is 13.4. The van der Waals surface area contributed by atoms with Gasteiger partial charge in [0.2, 0.25) is 5.91 Å². The molecule has 2 aromatic heterocycles. The number of nitrogens with one attached hydrogen (secondary N) is 2. The summed E-state index contributed by atoms with van der Waals surface area (Å²) >= 11 is 0. The van der Waals surface area contributed by atoms with Crippen molar-refractivity contribution in [1.29, 1.82) is 0 Å². The van der Waals surface area contributed by atoms with Crippen LogP contribution in [0.5, 0.6) is 0 Å². The molecule has 13 heteroatoms. The van der Waals surface area contributed by atoms with E-state index >= 15 is 4.39 Å². The van der Waals surface area contributed by atoms with Crippen molar-refractivity contribution in [2.75, 3.05) is 23.7 Å². The molecule has 0 saturated heterocycles. The number of anilines is 2. The SMILES string of the molecule is CC1CCn2nc(-c3ccc(NS(=O)(=O)c4ccccc4F)c(F)c3)c3c(N)ncc(c32)/C=C/CCOCCC(=O)N1. The largest absolute Gasteiger partial charge is 0.383 e. The minimum Gasteiger partial charge on any atom is -0.383 e. The van der Waals surface area contributed by atoms with Gasteiger partial charge in [0.15, 0.2) is 0 Å². The first-order chi connectivity index (χ1) is 20.1. The second kappa shape index (κ2) is 12.2. The lowest BCUT2D eigenvalue weighted by Crippen LogP contribution is -2.34. The van der Waals surface area contributed by atoms with Crippen LogP contribution < -0.4 is 15.8 Å².